The number of nitrogen functional groups attached to an aromatic ring is 1. The number of hydrogen-bond donors (Lipinski definition) is 1. The van der Waals surface area contributed by atoms with E-state index < -0.39 is 0 Å². The normalized spacial score (nSPS) is 10.2. The Kier molecular flexibility index (Phi) is 4.24. The second-order valence-electron chi connectivity index (χ2n) is 4.35. The zero-order chi connectivity index (χ0) is 14.5. The van der Waals surface area contributed by atoms with E-state index >= 15 is 0 Å². The van der Waals surface area contributed by atoms with Crippen LogP contribution in [0.1, 0.15) is 5.56 Å². The fraction of sp³-hybridized carbons (Fsp3) is 0.286. The molecule has 1 aromatic heterocycles. The summed E-state index contributed by atoms with van der Waals surface area (Å²) in [6.07, 6.45) is 0. The molecule has 1 heterocycles. The van der Waals surface area contributed by atoms with Gasteiger partial charge in [-0.1, -0.05) is 12.1 Å². The lowest BCUT2D eigenvalue weighted by molar-refractivity contribution is 0.372. The SMILES string of the molecule is COc1cc(OC)nc(N(C)Cc2ccc(N)cc2)n1. The summed E-state index contributed by atoms with van der Waals surface area (Å²) in [7, 11) is 5.03. The average molecular weight is 274 g/mol. The third-order valence-electron chi connectivity index (χ3n) is 2.83. The zero-order valence-corrected chi connectivity index (χ0v) is 11.8. The Morgan fingerprint density at radius 2 is 1.60 bits per heavy atom. The van der Waals surface area contributed by atoms with Gasteiger partial charge in [-0.25, -0.2) is 0 Å². The lowest BCUT2D eigenvalue weighted by Gasteiger charge is -2.18. The molecule has 2 rings (SSSR count). The van der Waals surface area contributed by atoms with Crippen LogP contribution in [-0.2, 0) is 6.54 Å². The molecule has 6 heteroatoms. The first kappa shape index (κ1) is 13.9. The third-order valence-corrected chi connectivity index (χ3v) is 2.83. The predicted molar refractivity (Wildman–Crippen MR) is 78.1 cm³/mol. The van der Waals surface area contributed by atoms with Gasteiger partial charge in [-0.15, -0.1) is 0 Å². The molecule has 0 aliphatic heterocycles. The average Bonchev–Trinajstić information content (AvgIpc) is 2.48. The lowest BCUT2D eigenvalue weighted by atomic mass is 10.2. The highest BCUT2D eigenvalue weighted by molar-refractivity contribution is 5.41. The van der Waals surface area contributed by atoms with Gasteiger partial charge in [0.25, 0.3) is 0 Å². The first-order valence-electron chi connectivity index (χ1n) is 6.15. The monoisotopic (exact) mass is 274 g/mol. The van der Waals surface area contributed by atoms with E-state index in [4.69, 9.17) is 15.2 Å². The highest BCUT2D eigenvalue weighted by atomic mass is 16.5. The molecule has 0 amide bonds. The number of ether oxygens (including phenoxy) is 2. The molecule has 0 radical (unpaired) electrons. The number of aromatic nitrogens is 2. The van der Waals surface area contributed by atoms with Crippen molar-refractivity contribution in [2.75, 3.05) is 31.9 Å². The van der Waals surface area contributed by atoms with Crippen LogP contribution in [0.5, 0.6) is 11.8 Å². The largest absolute Gasteiger partial charge is 0.481 e. The number of benzene rings is 1. The summed E-state index contributed by atoms with van der Waals surface area (Å²) >= 11 is 0. The van der Waals surface area contributed by atoms with Crippen LogP contribution in [0.15, 0.2) is 30.3 Å². The molecule has 0 bridgehead atoms. The molecule has 6 nitrogen and oxygen atoms in total. The fourth-order valence-corrected chi connectivity index (χ4v) is 1.74. The number of nitrogens with zero attached hydrogens (tertiary/aromatic N) is 3. The van der Waals surface area contributed by atoms with Gasteiger partial charge in [-0.05, 0) is 17.7 Å². The standard InChI is InChI=1S/C14H18N4O2/c1-18(9-10-4-6-11(15)7-5-10)14-16-12(19-2)8-13(17-14)20-3/h4-8H,9,15H2,1-3H3. The summed E-state index contributed by atoms with van der Waals surface area (Å²) in [5.41, 5.74) is 7.54. The molecule has 0 fully saturated rings. The molecule has 2 N–H and O–H groups in total. The molecule has 1 aromatic carbocycles. The smallest absolute Gasteiger partial charge is 0.232 e. The van der Waals surface area contributed by atoms with Crippen LogP contribution in [-0.4, -0.2) is 31.2 Å². The number of methoxy groups -OCH3 is 2. The van der Waals surface area contributed by atoms with E-state index in [-0.39, 0.29) is 0 Å². The van der Waals surface area contributed by atoms with E-state index in [1.165, 1.54) is 0 Å². The summed E-state index contributed by atoms with van der Waals surface area (Å²) in [6, 6.07) is 9.33. The second kappa shape index (κ2) is 6.10. The van der Waals surface area contributed by atoms with Crippen molar-refractivity contribution >= 4 is 11.6 Å². The molecule has 0 saturated heterocycles. The molecule has 0 spiro atoms. The number of rotatable bonds is 5. The van der Waals surface area contributed by atoms with Gasteiger partial charge >= 0.3 is 0 Å². The Hall–Kier alpha value is -2.50. The van der Waals surface area contributed by atoms with Crippen LogP contribution in [0.25, 0.3) is 0 Å². The van der Waals surface area contributed by atoms with Crippen molar-refractivity contribution in [3.8, 4) is 11.8 Å². The highest BCUT2D eigenvalue weighted by Crippen LogP contribution is 2.20. The van der Waals surface area contributed by atoms with Crippen molar-refractivity contribution in [2.24, 2.45) is 0 Å². The maximum Gasteiger partial charge on any atom is 0.232 e. The van der Waals surface area contributed by atoms with Crippen LogP contribution >= 0.6 is 0 Å². The minimum Gasteiger partial charge on any atom is -0.481 e. The Labute approximate surface area is 118 Å². The van der Waals surface area contributed by atoms with E-state index in [0.717, 1.165) is 11.3 Å². The Bertz CT molecular complexity index is 550. The molecule has 0 aliphatic carbocycles. The van der Waals surface area contributed by atoms with Gasteiger partial charge < -0.3 is 20.1 Å². The van der Waals surface area contributed by atoms with Crippen LogP contribution in [0, 0.1) is 0 Å². The maximum atomic E-state index is 5.67. The van der Waals surface area contributed by atoms with Crippen LogP contribution in [0.2, 0.25) is 0 Å². The Morgan fingerprint density at radius 1 is 1.05 bits per heavy atom. The van der Waals surface area contributed by atoms with Gasteiger partial charge in [0.1, 0.15) is 0 Å². The maximum absolute atomic E-state index is 5.67. The second-order valence-corrected chi connectivity index (χ2v) is 4.35. The highest BCUT2D eigenvalue weighted by Gasteiger charge is 2.10. The van der Waals surface area contributed by atoms with Crippen molar-refractivity contribution < 1.29 is 9.47 Å². The molecular weight excluding hydrogens is 256 g/mol. The molecule has 0 atom stereocenters. The van der Waals surface area contributed by atoms with Crippen molar-refractivity contribution in [2.45, 2.75) is 6.54 Å². The summed E-state index contributed by atoms with van der Waals surface area (Å²) < 4.78 is 10.3. The van der Waals surface area contributed by atoms with Gasteiger partial charge in [0.2, 0.25) is 17.7 Å². The molecule has 0 unspecified atom stereocenters. The van der Waals surface area contributed by atoms with Crippen molar-refractivity contribution in [1.82, 2.24) is 9.97 Å². The van der Waals surface area contributed by atoms with Crippen molar-refractivity contribution in [3.05, 3.63) is 35.9 Å². The summed E-state index contributed by atoms with van der Waals surface area (Å²) in [4.78, 5) is 10.5. The summed E-state index contributed by atoms with van der Waals surface area (Å²) in [5, 5.41) is 0. The van der Waals surface area contributed by atoms with Crippen LogP contribution in [0.4, 0.5) is 11.6 Å². The minimum absolute atomic E-state index is 0.469. The van der Waals surface area contributed by atoms with Crippen molar-refractivity contribution in [1.29, 1.82) is 0 Å². The van der Waals surface area contributed by atoms with E-state index in [1.807, 2.05) is 36.2 Å². The van der Waals surface area contributed by atoms with Gasteiger partial charge in [0, 0.05) is 19.3 Å². The molecule has 0 aliphatic rings. The molecule has 2 aromatic rings. The molecular formula is C14H18N4O2. The quantitative estimate of drug-likeness (QED) is 0.837. The number of hydrogen-bond acceptors (Lipinski definition) is 6. The fourth-order valence-electron chi connectivity index (χ4n) is 1.74. The van der Waals surface area contributed by atoms with Crippen molar-refractivity contribution in [3.63, 3.8) is 0 Å². The van der Waals surface area contributed by atoms with E-state index in [1.54, 1.807) is 20.3 Å². The minimum atomic E-state index is 0.469. The van der Waals surface area contributed by atoms with Crippen LogP contribution < -0.4 is 20.1 Å². The third kappa shape index (κ3) is 3.28. The van der Waals surface area contributed by atoms with E-state index in [0.29, 0.717) is 24.3 Å². The van der Waals surface area contributed by atoms with E-state index in [9.17, 15) is 0 Å². The van der Waals surface area contributed by atoms with Crippen LogP contribution in [0.3, 0.4) is 0 Å². The Balaban J connectivity index is 2.19. The zero-order valence-electron chi connectivity index (χ0n) is 11.8. The van der Waals surface area contributed by atoms with Gasteiger partial charge in [0.15, 0.2) is 0 Å². The van der Waals surface area contributed by atoms with Gasteiger partial charge in [0.05, 0.1) is 20.3 Å². The first-order chi connectivity index (χ1) is 9.62. The number of anilines is 2. The predicted octanol–water partition coefficient (Wildman–Crippen LogP) is 1.71. The Morgan fingerprint density at radius 3 is 2.10 bits per heavy atom. The molecule has 106 valence electrons. The topological polar surface area (TPSA) is 73.5 Å². The summed E-state index contributed by atoms with van der Waals surface area (Å²) in [5.74, 6) is 1.48. The molecule has 0 saturated carbocycles. The molecule has 20 heavy (non-hydrogen) atoms. The first-order valence-corrected chi connectivity index (χ1v) is 6.15. The van der Waals surface area contributed by atoms with E-state index in [2.05, 4.69) is 9.97 Å². The van der Waals surface area contributed by atoms with Gasteiger partial charge in [-0.2, -0.15) is 9.97 Å². The lowest BCUT2D eigenvalue weighted by Crippen LogP contribution is -2.19. The summed E-state index contributed by atoms with van der Waals surface area (Å²) in [6.45, 7) is 0.663. The van der Waals surface area contributed by atoms with Gasteiger partial charge in [-0.3, -0.25) is 0 Å². The number of nitrogens with two attached hydrogens (primary N) is 1.